The average molecular weight is 441 g/mol. The quantitative estimate of drug-likeness (QED) is 0.231. The van der Waals surface area contributed by atoms with Crippen LogP contribution in [-0.2, 0) is 4.74 Å². The van der Waals surface area contributed by atoms with Gasteiger partial charge in [-0.15, -0.1) is 24.0 Å². The molecule has 23 heavy (non-hydrogen) atoms. The predicted octanol–water partition coefficient (Wildman–Crippen LogP) is 1.22. The van der Waals surface area contributed by atoms with E-state index in [0.717, 1.165) is 51.6 Å². The number of rotatable bonds is 10. The Labute approximate surface area is 159 Å². The molecule has 0 radical (unpaired) electrons. The van der Waals surface area contributed by atoms with Gasteiger partial charge in [0.25, 0.3) is 0 Å². The van der Waals surface area contributed by atoms with E-state index < -0.39 is 0 Å². The number of piperazine rings is 1. The minimum Gasteiger partial charge on any atom is -0.382 e. The Kier molecular flexibility index (Phi) is 15.3. The maximum absolute atomic E-state index is 5.33. The van der Waals surface area contributed by atoms with E-state index in [9.17, 15) is 0 Å². The van der Waals surface area contributed by atoms with E-state index >= 15 is 0 Å². The Morgan fingerprint density at radius 1 is 1.00 bits per heavy atom. The number of unbranched alkanes of at least 4 members (excludes halogenated alkanes) is 1. The van der Waals surface area contributed by atoms with Gasteiger partial charge in [0, 0.05) is 66.1 Å². The fourth-order valence-corrected chi connectivity index (χ4v) is 2.56. The summed E-state index contributed by atoms with van der Waals surface area (Å²) in [5.74, 6) is 0.906. The van der Waals surface area contributed by atoms with Gasteiger partial charge in [0.15, 0.2) is 5.96 Å². The van der Waals surface area contributed by atoms with E-state index in [4.69, 9.17) is 4.74 Å². The van der Waals surface area contributed by atoms with Crippen molar-refractivity contribution >= 4 is 29.9 Å². The third kappa shape index (κ3) is 11.1. The molecule has 0 bridgehead atoms. The van der Waals surface area contributed by atoms with E-state index in [1.807, 2.05) is 14.0 Å². The zero-order valence-corrected chi connectivity index (χ0v) is 17.5. The number of hydrogen-bond donors (Lipinski definition) is 2. The molecule has 0 atom stereocenters. The molecular weight excluding hydrogens is 405 g/mol. The van der Waals surface area contributed by atoms with Crippen molar-refractivity contribution in [2.75, 3.05) is 72.6 Å². The lowest BCUT2D eigenvalue weighted by molar-refractivity contribution is 0.139. The molecule has 0 saturated carbocycles. The molecule has 1 aliphatic rings. The molecule has 0 spiro atoms. The smallest absolute Gasteiger partial charge is 0.191 e. The monoisotopic (exact) mass is 441 g/mol. The Hall–Kier alpha value is -0.120. The Morgan fingerprint density at radius 3 is 2.26 bits per heavy atom. The molecule has 0 aliphatic carbocycles. The lowest BCUT2D eigenvalue weighted by Crippen LogP contribution is -2.49. The molecule has 1 saturated heterocycles. The minimum absolute atomic E-state index is 0. The van der Waals surface area contributed by atoms with Crippen molar-refractivity contribution < 1.29 is 4.74 Å². The first-order valence-corrected chi connectivity index (χ1v) is 8.77. The van der Waals surface area contributed by atoms with Crippen molar-refractivity contribution in [3.63, 3.8) is 0 Å². The van der Waals surface area contributed by atoms with E-state index in [-0.39, 0.29) is 24.0 Å². The topological polar surface area (TPSA) is 52.1 Å². The number of ether oxygens (including phenoxy) is 1. The number of nitrogens with zero attached hydrogens (tertiary/aromatic N) is 3. The molecule has 1 fully saturated rings. The van der Waals surface area contributed by atoms with Gasteiger partial charge in [-0.3, -0.25) is 9.89 Å². The van der Waals surface area contributed by atoms with E-state index in [1.54, 1.807) is 0 Å². The first-order chi connectivity index (χ1) is 10.8. The van der Waals surface area contributed by atoms with Crippen LogP contribution in [0.1, 0.15) is 26.7 Å². The fraction of sp³-hybridized carbons (Fsp3) is 0.938. The van der Waals surface area contributed by atoms with Crippen LogP contribution < -0.4 is 10.6 Å². The van der Waals surface area contributed by atoms with Gasteiger partial charge in [-0.25, -0.2) is 0 Å². The van der Waals surface area contributed by atoms with Crippen LogP contribution in [0.15, 0.2) is 4.99 Å². The molecule has 0 unspecified atom stereocenters. The van der Waals surface area contributed by atoms with Crippen LogP contribution in [0.25, 0.3) is 0 Å². The lowest BCUT2D eigenvalue weighted by atomic mass is 10.3. The summed E-state index contributed by atoms with van der Waals surface area (Å²) in [6.45, 7) is 14.8. The summed E-state index contributed by atoms with van der Waals surface area (Å²) in [5.41, 5.74) is 0. The van der Waals surface area contributed by atoms with E-state index in [0.29, 0.717) is 0 Å². The van der Waals surface area contributed by atoms with Gasteiger partial charge in [-0.05, 0) is 26.3 Å². The Bertz CT molecular complexity index is 296. The van der Waals surface area contributed by atoms with Crippen LogP contribution >= 0.6 is 24.0 Å². The normalized spacial score (nSPS) is 16.9. The number of guanidine groups is 1. The van der Waals surface area contributed by atoms with Crippen molar-refractivity contribution in [1.29, 1.82) is 0 Å². The van der Waals surface area contributed by atoms with Gasteiger partial charge in [-0.2, -0.15) is 0 Å². The van der Waals surface area contributed by atoms with Crippen molar-refractivity contribution in [2.24, 2.45) is 4.99 Å². The highest BCUT2D eigenvalue weighted by atomic mass is 127. The van der Waals surface area contributed by atoms with Crippen molar-refractivity contribution in [3.8, 4) is 0 Å². The molecular formula is C16H36IN5O. The number of nitrogens with one attached hydrogen (secondary N) is 2. The molecule has 0 amide bonds. The Balaban J connectivity index is 0.00000484. The molecule has 0 aromatic carbocycles. The van der Waals surface area contributed by atoms with Crippen molar-refractivity contribution in [3.05, 3.63) is 0 Å². The third-order valence-electron chi connectivity index (χ3n) is 4.07. The van der Waals surface area contributed by atoms with E-state index in [1.165, 1.54) is 32.7 Å². The molecule has 1 heterocycles. The number of aliphatic imine (C=N–C) groups is 1. The molecule has 1 aliphatic heterocycles. The largest absolute Gasteiger partial charge is 0.382 e. The van der Waals surface area contributed by atoms with Crippen LogP contribution in [0.4, 0.5) is 0 Å². The predicted molar refractivity (Wildman–Crippen MR) is 109 cm³/mol. The summed E-state index contributed by atoms with van der Waals surface area (Å²) in [4.78, 5) is 9.30. The molecule has 6 nitrogen and oxygen atoms in total. The van der Waals surface area contributed by atoms with Gasteiger partial charge in [0.05, 0.1) is 0 Å². The first-order valence-electron chi connectivity index (χ1n) is 8.77. The number of hydrogen-bond acceptors (Lipinski definition) is 4. The van der Waals surface area contributed by atoms with Crippen LogP contribution in [0.5, 0.6) is 0 Å². The van der Waals surface area contributed by atoms with Gasteiger partial charge in [-0.1, -0.05) is 6.92 Å². The Morgan fingerprint density at radius 2 is 1.65 bits per heavy atom. The van der Waals surface area contributed by atoms with Crippen LogP contribution in [-0.4, -0.2) is 88.4 Å². The van der Waals surface area contributed by atoms with Crippen LogP contribution in [0, 0.1) is 0 Å². The van der Waals surface area contributed by atoms with Crippen LogP contribution in [0.2, 0.25) is 0 Å². The standard InChI is InChI=1S/C16H35N5O.HI/c1-4-20-11-13-21(14-12-20)10-9-19-16(17-3)18-8-6-7-15-22-5-2;/h4-15H2,1-3H3,(H2,17,18,19);1H. The fourth-order valence-electron chi connectivity index (χ4n) is 2.56. The molecule has 0 aromatic rings. The summed E-state index contributed by atoms with van der Waals surface area (Å²) in [6, 6.07) is 0. The number of halogens is 1. The number of likely N-dealkylation sites (N-methyl/N-ethyl adjacent to an activating group) is 1. The average Bonchev–Trinajstić information content (AvgIpc) is 2.57. The van der Waals surface area contributed by atoms with Crippen molar-refractivity contribution in [1.82, 2.24) is 20.4 Å². The maximum Gasteiger partial charge on any atom is 0.191 e. The van der Waals surface area contributed by atoms with Gasteiger partial charge in [0.1, 0.15) is 0 Å². The third-order valence-corrected chi connectivity index (χ3v) is 4.07. The summed E-state index contributed by atoms with van der Waals surface area (Å²) < 4.78 is 5.33. The van der Waals surface area contributed by atoms with E-state index in [2.05, 4.69) is 32.3 Å². The summed E-state index contributed by atoms with van der Waals surface area (Å²) in [7, 11) is 1.83. The van der Waals surface area contributed by atoms with Gasteiger partial charge >= 0.3 is 0 Å². The maximum atomic E-state index is 5.33. The zero-order valence-electron chi connectivity index (χ0n) is 15.1. The first kappa shape index (κ1) is 22.9. The highest BCUT2D eigenvalue weighted by Gasteiger charge is 2.14. The minimum atomic E-state index is 0. The molecule has 138 valence electrons. The zero-order chi connectivity index (χ0) is 16.0. The van der Waals surface area contributed by atoms with Crippen molar-refractivity contribution in [2.45, 2.75) is 26.7 Å². The molecule has 0 aromatic heterocycles. The summed E-state index contributed by atoms with van der Waals surface area (Å²) in [5, 5.41) is 6.75. The SMILES string of the molecule is CCOCCCCNC(=NC)NCCN1CCN(CC)CC1.I. The highest BCUT2D eigenvalue weighted by Crippen LogP contribution is 1.99. The molecule has 1 rings (SSSR count). The van der Waals surface area contributed by atoms with Crippen LogP contribution in [0.3, 0.4) is 0 Å². The lowest BCUT2D eigenvalue weighted by Gasteiger charge is -2.34. The molecule has 2 N–H and O–H groups in total. The highest BCUT2D eigenvalue weighted by molar-refractivity contribution is 14.0. The summed E-state index contributed by atoms with van der Waals surface area (Å²) in [6.07, 6.45) is 2.21. The van der Waals surface area contributed by atoms with Gasteiger partial charge in [0.2, 0.25) is 0 Å². The second-order valence-corrected chi connectivity index (χ2v) is 5.61. The second-order valence-electron chi connectivity index (χ2n) is 5.61. The molecule has 7 heteroatoms. The van der Waals surface area contributed by atoms with Gasteiger partial charge < -0.3 is 20.3 Å². The summed E-state index contributed by atoms with van der Waals surface area (Å²) >= 11 is 0. The second kappa shape index (κ2) is 15.4.